The van der Waals surface area contributed by atoms with Gasteiger partial charge in [-0.1, -0.05) is 48.3 Å². The molecule has 2 fully saturated rings. The lowest BCUT2D eigenvalue weighted by atomic mass is 10.0. The molecular formula is C28H34N6O3. The molecule has 1 aromatic carbocycles. The molecule has 1 aliphatic heterocycles. The highest BCUT2D eigenvalue weighted by atomic mass is 16.5. The Labute approximate surface area is 217 Å². The molecule has 9 heteroatoms. The minimum atomic E-state index is -0.322. The molecule has 194 valence electrons. The van der Waals surface area contributed by atoms with E-state index in [4.69, 9.17) is 4.52 Å². The summed E-state index contributed by atoms with van der Waals surface area (Å²) in [6, 6.07) is 13.5. The molecule has 5 rings (SSSR count). The number of aromatic nitrogens is 3. The van der Waals surface area contributed by atoms with Gasteiger partial charge in [0.1, 0.15) is 0 Å². The van der Waals surface area contributed by atoms with Crippen LogP contribution in [0.15, 0.2) is 59.4 Å². The molecule has 9 nitrogen and oxygen atoms in total. The fourth-order valence-corrected chi connectivity index (χ4v) is 5.44. The van der Waals surface area contributed by atoms with Gasteiger partial charge in [0.2, 0.25) is 17.6 Å². The number of hydrogen-bond acceptors (Lipinski definition) is 6. The van der Waals surface area contributed by atoms with Crippen molar-refractivity contribution >= 4 is 11.9 Å². The second-order valence-corrected chi connectivity index (χ2v) is 9.91. The predicted octanol–water partition coefficient (Wildman–Crippen LogP) is 3.94. The van der Waals surface area contributed by atoms with Gasteiger partial charge in [0.25, 0.3) is 0 Å². The summed E-state index contributed by atoms with van der Waals surface area (Å²) in [6.45, 7) is 1.84. The Bertz CT molecular complexity index is 1170. The van der Waals surface area contributed by atoms with Crippen LogP contribution in [0.25, 0.3) is 11.4 Å². The standard InChI is InChI=1S/C28H34N6O3/c35-26-23-17-22(27-32-25(33-37-27)21-11-8-13-29-19-21)18-24(23)34(16-7-2-1-6-14-30-26)28(36)31-15-12-20-9-4-3-5-10-20/h3-5,8-11,13,19,22-24H,1-2,6-7,12,14-18H2,(H,30,35)(H,31,36). The molecule has 1 aliphatic carbocycles. The predicted molar refractivity (Wildman–Crippen MR) is 139 cm³/mol. The first kappa shape index (κ1) is 24.9. The Balaban J connectivity index is 1.33. The zero-order chi connectivity index (χ0) is 25.5. The summed E-state index contributed by atoms with van der Waals surface area (Å²) in [5.41, 5.74) is 1.96. The molecule has 37 heavy (non-hydrogen) atoms. The number of nitrogens with zero attached hydrogens (tertiary/aromatic N) is 4. The van der Waals surface area contributed by atoms with Gasteiger partial charge < -0.3 is 20.1 Å². The molecule has 0 radical (unpaired) electrons. The van der Waals surface area contributed by atoms with Crippen molar-refractivity contribution < 1.29 is 14.1 Å². The molecular weight excluding hydrogens is 468 g/mol. The monoisotopic (exact) mass is 502 g/mol. The molecule has 0 spiro atoms. The Kier molecular flexibility index (Phi) is 8.08. The summed E-state index contributed by atoms with van der Waals surface area (Å²) in [6.07, 6.45) is 9.28. The van der Waals surface area contributed by atoms with E-state index in [9.17, 15) is 9.59 Å². The molecule has 3 atom stereocenters. The summed E-state index contributed by atoms with van der Waals surface area (Å²) in [7, 11) is 0. The van der Waals surface area contributed by atoms with Gasteiger partial charge in [-0.25, -0.2) is 4.79 Å². The third-order valence-corrected chi connectivity index (χ3v) is 7.40. The van der Waals surface area contributed by atoms with Gasteiger partial charge in [0.05, 0.1) is 5.92 Å². The van der Waals surface area contributed by atoms with Gasteiger partial charge in [-0.3, -0.25) is 9.78 Å². The van der Waals surface area contributed by atoms with Gasteiger partial charge in [-0.15, -0.1) is 0 Å². The first-order valence-electron chi connectivity index (χ1n) is 13.3. The number of fused-ring (bicyclic) bond motifs is 1. The van der Waals surface area contributed by atoms with E-state index in [-0.39, 0.29) is 29.8 Å². The number of hydrogen-bond donors (Lipinski definition) is 2. The van der Waals surface area contributed by atoms with Crippen LogP contribution in [0.4, 0.5) is 4.79 Å². The van der Waals surface area contributed by atoms with Crippen molar-refractivity contribution in [3.63, 3.8) is 0 Å². The fourth-order valence-electron chi connectivity index (χ4n) is 5.44. The average molecular weight is 503 g/mol. The fraction of sp³-hybridized carbons (Fsp3) is 0.464. The molecule has 0 bridgehead atoms. The highest BCUT2D eigenvalue weighted by molar-refractivity contribution is 5.82. The van der Waals surface area contributed by atoms with E-state index < -0.39 is 0 Å². The van der Waals surface area contributed by atoms with Crippen molar-refractivity contribution in [3.05, 3.63) is 66.3 Å². The second kappa shape index (κ2) is 12.0. The van der Waals surface area contributed by atoms with E-state index >= 15 is 0 Å². The van der Waals surface area contributed by atoms with Crippen LogP contribution in [0.1, 0.15) is 55.9 Å². The Morgan fingerprint density at radius 3 is 2.78 bits per heavy atom. The summed E-state index contributed by atoms with van der Waals surface area (Å²) in [5, 5.41) is 10.4. The third kappa shape index (κ3) is 6.15. The van der Waals surface area contributed by atoms with Crippen LogP contribution >= 0.6 is 0 Å². The average Bonchev–Trinajstić information content (AvgIpc) is 3.59. The number of rotatable bonds is 5. The lowest BCUT2D eigenvalue weighted by molar-refractivity contribution is -0.126. The first-order chi connectivity index (χ1) is 18.2. The number of amides is 3. The molecule has 1 saturated carbocycles. The highest BCUT2D eigenvalue weighted by Gasteiger charge is 2.45. The number of pyridine rings is 1. The lowest BCUT2D eigenvalue weighted by Gasteiger charge is -2.32. The van der Waals surface area contributed by atoms with Crippen molar-refractivity contribution in [2.24, 2.45) is 5.92 Å². The van der Waals surface area contributed by atoms with Crippen LogP contribution in [0.2, 0.25) is 0 Å². The summed E-state index contributed by atoms with van der Waals surface area (Å²) >= 11 is 0. The van der Waals surface area contributed by atoms with E-state index in [0.717, 1.165) is 37.7 Å². The van der Waals surface area contributed by atoms with E-state index in [1.807, 2.05) is 35.2 Å². The lowest BCUT2D eigenvalue weighted by Crippen LogP contribution is -2.51. The Morgan fingerprint density at radius 2 is 1.95 bits per heavy atom. The van der Waals surface area contributed by atoms with Crippen molar-refractivity contribution in [2.45, 2.75) is 56.9 Å². The van der Waals surface area contributed by atoms with E-state index in [1.54, 1.807) is 12.4 Å². The summed E-state index contributed by atoms with van der Waals surface area (Å²) in [4.78, 5) is 37.3. The molecule has 3 heterocycles. The van der Waals surface area contributed by atoms with Crippen molar-refractivity contribution in [1.29, 1.82) is 0 Å². The maximum Gasteiger partial charge on any atom is 0.317 e. The zero-order valence-corrected chi connectivity index (χ0v) is 21.0. The number of nitrogens with one attached hydrogen (secondary N) is 2. The SMILES string of the molecule is O=C1NCCCCCCN(C(=O)NCCc2ccccc2)C2CC(c3nc(-c4cccnc4)no3)CC12. The number of carbonyl (C=O) groups excluding carboxylic acids is 2. The van der Waals surface area contributed by atoms with Crippen LogP contribution in [0.3, 0.4) is 0 Å². The second-order valence-electron chi connectivity index (χ2n) is 9.91. The zero-order valence-electron chi connectivity index (χ0n) is 21.0. The maximum atomic E-state index is 13.4. The number of urea groups is 1. The molecule has 2 aromatic heterocycles. The van der Waals surface area contributed by atoms with Gasteiger partial charge in [0, 0.05) is 49.6 Å². The van der Waals surface area contributed by atoms with Crippen LogP contribution < -0.4 is 10.6 Å². The third-order valence-electron chi connectivity index (χ3n) is 7.40. The Morgan fingerprint density at radius 1 is 1.08 bits per heavy atom. The van der Waals surface area contributed by atoms with Crippen LogP contribution in [0, 0.1) is 5.92 Å². The molecule has 3 aromatic rings. The molecule has 1 saturated heterocycles. The summed E-state index contributed by atoms with van der Waals surface area (Å²) in [5.74, 6) is 0.578. The normalized spacial score (nSPS) is 22.5. The molecule has 3 amide bonds. The summed E-state index contributed by atoms with van der Waals surface area (Å²) < 4.78 is 5.65. The first-order valence-corrected chi connectivity index (χ1v) is 13.3. The van der Waals surface area contributed by atoms with Gasteiger partial charge >= 0.3 is 6.03 Å². The van der Waals surface area contributed by atoms with Crippen molar-refractivity contribution in [1.82, 2.24) is 30.7 Å². The largest absolute Gasteiger partial charge is 0.356 e. The van der Waals surface area contributed by atoms with Crippen LogP contribution in [-0.4, -0.2) is 57.6 Å². The van der Waals surface area contributed by atoms with Crippen molar-refractivity contribution in [3.8, 4) is 11.4 Å². The van der Waals surface area contributed by atoms with E-state index in [2.05, 4.69) is 37.9 Å². The van der Waals surface area contributed by atoms with E-state index in [0.29, 0.717) is 44.2 Å². The van der Waals surface area contributed by atoms with Gasteiger partial charge in [-0.2, -0.15) is 4.98 Å². The minimum Gasteiger partial charge on any atom is -0.356 e. The van der Waals surface area contributed by atoms with Gasteiger partial charge in [0.15, 0.2) is 0 Å². The molecule has 2 N–H and O–H groups in total. The molecule has 3 unspecified atom stereocenters. The van der Waals surface area contributed by atoms with E-state index in [1.165, 1.54) is 5.56 Å². The Hall–Kier alpha value is -3.75. The maximum absolute atomic E-state index is 13.4. The van der Waals surface area contributed by atoms with Gasteiger partial charge in [-0.05, 0) is 49.8 Å². The quantitative estimate of drug-likeness (QED) is 0.546. The van der Waals surface area contributed by atoms with Crippen LogP contribution in [-0.2, 0) is 11.2 Å². The van der Waals surface area contributed by atoms with Crippen LogP contribution in [0.5, 0.6) is 0 Å². The molecule has 2 aliphatic rings. The highest BCUT2D eigenvalue weighted by Crippen LogP contribution is 2.41. The van der Waals surface area contributed by atoms with Crippen molar-refractivity contribution in [2.75, 3.05) is 19.6 Å². The smallest absolute Gasteiger partial charge is 0.317 e. The minimum absolute atomic E-state index is 0.00323. The topological polar surface area (TPSA) is 113 Å². The number of benzene rings is 1. The number of carbonyl (C=O) groups is 2.